The first-order valence-electron chi connectivity index (χ1n) is 2.59. The predicted octanol–water partition coefficient (Wildman–Crippen LogP) is -0.388. The molecule has 0 saturated carbocycles. The molecule has 6 nitrogen and oxygen atoms in total. The Hall–Kier alpha value is -1.27. The van der Waals surface area contributed by atoms with Crippen LogP contribution >= 0.6 is 0 Å². The fourth-order valence-electron chi connectivity index (χ4n) is 0.583. The highest BCUT2D eigenvalue weighted by molar-refractivity contribution is 5.92. The standard InChI is InChI=1S/C4H4N2O4/c1-3(6-10-7-1)4-5-2-8-9-4/h1,6H,2H2. The number of aliphatic imine (C=N–C) groups is 1. The lowest BCUT2D eigenvalue weighted by atomic mass is 10.5. The zero-order chi connectivity index (χ0) is 6.81. The lowest BCUT2D eigenvalue weighted by molar-refractivity contribution is -0.265. The Labute approximate surface area is 55.8 Å². The Morgan fingerprint density at radius 1 is 1.60 bits per heavy atom. The SMILES string of the molecule is C1=C(C2=NCOO2)NOO1. The summed E-state index contributed by atoms with van der Waals surface area (Å²) in [6.45, 7) is 0.203. The third kappa shape index (κ3) is 0.789. The summed E-state index contributed by atoms with van der Waals surface area (Å²) in [6.07, 6.45) is 1.33. The summed E-state index contributed by atoms with van der Waals surface area (Å²) in [5.41, 5.74) is 2.91. The van der Waals surface area contributed by atoms with Crippen LogP contribution in [0.4, 0.5) is 0 Å². The Morgan fingerprint density at radius 2 is 2.60 bits per heavy atom. The summed E-state index contributed by atoms with van der Waals surface area (Å²) in [7, 11) is 0. The lowest BCUT2D eigenvalue weighted by Crippen LogP contribution is -2.14. The first kappa shape index (κ1) is 5.51. The second-order valence-electron chi connectivity index (χ2n) is 1.61. The molecule has 54 valence electrons. The van der Waals surface area contributed by atoms with Crippen LogP contribution in [-0.2, 0) is 19.7 Å². The molecule has 0 unspecified atom stereocenters. The molecule has 2 aliphatic heterocycles. The minimum atomic E-state index is 0.203. The maximum atomic E-state index is 4.60. The average Bonchev–Trinajstić information content (AvgIpc) is 2.59. The van der Waals surface area contributed by atoms with Crippen molar-refractivity contribution >= 4 is 5.90 Å². The van der Waals surface area contributed by atoms with Gasteiger partial charge in [-0.2, -0.15) is 4.89 Å². The van der Waals surface area contributed by atoms with E-state index in [0.717, 1.165) is 0 Å². The highest BCUT2D eigenvalue weighted by Gasteiger charge is 2.19. The Kier molecular flexibility index (Phi) is 1.19. The summed E-state index contributed by atoms with van der Waals surface area (Å²) in [5.74, 6) is 0.331. The van der Waals surface area contributed by atoms with Crippen molar-refractivity contribution in [3.8, 4) is 0 Å². The minimum absolute atomic E-state index is 0.203. The van der Waals surface area contributed by atoms with Crippen molar-refractivity contribution in [3.63, 3.8) is 0 Å². The lowest BCUT2D eigenvalue weighted by Gasteiger charge is -1.94. The number of hydrogen-bond acceptors (Lipinski definition) is 6. The molecule has 0 aromatic rings. The summed E-state index contributed by atoms with van der Waals surface area (Å²) < 4.78 is 0. The largest absolute Gasteiger partial charge is 0.320 e. The smallest absolute Gasteiger partial charge is 0.283 e. The van der Waals surface area contributed by atoms with E-state index in [1.165, 1.54) is 6.26 Å². The number of nitrogens with zero attached hydrogens (tertiary/aromatic N) is 1. The van der Waals surface area contributed by atoms with Gasteiger partial charge < -0.3 is 9.78 Å². The summed E-state index contributed by atoms with van der Waals surface area (Å²) in [6, 6.07) is 0. The van der Waals surface area contributed by atoms with Gasteiger partial charge in [0.05, 0.1) is 0 Å². The van der Waals surface area contributed by atoms with E-state index in [1.54, 1.807) is 0 Å². The second kappa shape index (κ2) is 2.16. The van der Waals surface area contributed by atoms with Crippen molar-refractivity contribution in [2.24, 2.45) is 4.99 Å². The third-order valence-electron chi connectivity index (χ3n) is 0.995. The van der Waals surface area contributed by atoms with Gasteiger partial charge in [0.15, 0.2) is 18.7 Å². The molecule has 0 radical (unpaired) electrons. The summed E-state index contributed by atoms with van der Waals surface area (Å²) >= 11 is 0. The van der Waals surface area contributed by atoms with E-state index in [9.17, 15) is 0 Å². The Balaban J connectivity index is 2.10. The number of hydrogen-bond donors (Lipinski definition) is 1. The van der Waals surface area contributed by atoms with Crippen molar-refractivity contribution in [2.75, 3.05) is 6.73 Å². The van der Waals surface area contributed by atoms with E-state index in [2.05, 4.69) is 30.1 Å². The fourth-order valence-corrected chi connectivity index (χ4v) is 0.583. The molecule has 6 heteroatoms. The van der Waals surface area contributed by atoms with E-state index < -0.39 is 0 Å². The van der Waals surface area contributed by atoms with Gasteiger partial charge in [-0.15, -0.1) is 0 Å². The van der Waals surface area contributed by atoms with Crippen LogP contribution in [0.2, 0.25) is 0 Å². The van der Waals surface area contributed by atoms with Crippen molar-refractivity contribution in [1.82, 2.24) is 5.48 Å². The van der Waals surface area contributed by atoms with Crippen LogP contribution in [0.25, 0.3) is 0 Å². The Morgan fingerprint density at radius 3 is 3.20 bits per heavy atom. The molecule has 0 fully saturated rings. The van der Waals surface area contributed by atoms with Crippen LogP contribution in [-0.4, -0.2) is 12.6 Å². The monoisotopic (exact) mass is 144 g/mol. The van der Waals surface area contributed by atoms with Crippen LogP contribution in [0.1, 0.15) is 0 Å². The van der Waals surface area contributed by atoms with E-state index in [1.807, 2.05) is 0 Å². The first-order chi connectivity index (χ1) is 4.97. The van der Waals surface area contributed by atoms with Gasteiger partial charge >= 0.3 is 0 Å². The van der Waals surface area contributed by atoms with E-state index in [-0.39, 0.29) is 6.73 Å². The molecule has 0 bridgehead atoms. The van der Waals surface area contributed by atoms with Crippen LogP contribution in [0, 0.1) is 0 Å². The van der Waals surface area contributed by atoms with Gasteiger partial charge in [0, 0.05) is 0 Å². The highest BCUT2D eigenvalue weighted by atomic mass is 17.3. The van der Waals surface area contributed by atoms with Crippen LogP contribution in [0.15, 0.2) is 17.0 Å². The van der Waals surface area contributed by atoms with Crippen LogP contribution in [0.5, 0.6) is 0 Å². The van der Waals surface area contributed by atoms with Crippen molar-refractivity contribution < 1.29 is 19.7 Å². The molecule has 1 N–H and O–H groups in total. The van der Waals surface area contributed by atoms with E-state index in [4.69, 9.17) is 0 Å². The first-order valence-corrected chi connectivity index (χ1v) is 2.59. The van der Waals surface area contributed by atoms with Gasteiger partial charge in [0.1, 0.15) is 0 Å². The molecule has 10 heavy (non-hydrogen) atoms. The molecule has 2 heterocycles. The highest BCUT2D eigenvalue weighted by Crippen LogP contribution is 2.07. The molecular weight excluding hydrogens is 140 g/mol. The molecule has 0 saturated heterocycles. The molecule has 2 aliphatic rings. The van der Waals surface area contributed by atoms with Gasteiger partial charge in [0.2, 0.25) is 0 Å². The maximum absolute atomic E-state index is 4.60. The van der Waals surface area contributed by atoms with Gasteiger partial charge in [-0.1, -0.05) is 4.99 Å². The zero-order valence-electron chi connectivity index (χ0n) is 4.86. The van der Waals surface area contributed by atoms with Gasteiger partial charge in [-0.05, 0) is 0 Å². The van der Waals surface area contributed by atoms with E-state index >= 15 is 0 Å². The van der Waals surface area contributed by atoms with Gasteiger partial charge in [0.25, 0.3) is 5.90 Å². The van der Waals surface area contributed by atoms with Crippen molar-refractivity contribution in [2.45, 2.75) is 0 Å². The molecule has 2 rings (SSSR count). The van der Waals surface area contributed by atoms with Gasteiger partial charge in [-0.25, -0.2) is 10.5 Å². The van der Waals surface area contributed by atoms with E-state index in [0.29, 0.717) is 11.6 Å². The van der Waals surface area contributed by atoms with Crippen LogP contribution in [0.3, 0.4) is 0 Å². The quantitative estimate of drug-likeness (QED) is 0.508. The Bertz CT molecular complexity index is 177. The molecule has 0 atom stereocenters. The zero-order valence-corrected chi connectivity index (χ0v) is 4.86. The molecule has 0 aromatic carbocycles. The minimum Gasteiger partial charge on any atom is -0.320 e. The predicted molar refractivity (Wildman–Crippen MR) is 27.9 cm³/mol. The summed E-state index contributed by atoms with van der Waals surface area (Å²) in [4.78, 5) is 21.6. The molecule has 0 aromatic heterocycles. The summed E-state index contributed by atoms with van der Waals surface area (Å²) in [5, 5.41) is 0. The van der Waals surface area contributed by atoms with Crippen molar-refractivity contribution in [3.05, 3.63) is 12.0 Å². The maximum Gasteiger partial charge on any atom is 0.283 e. The topological polar surface area (TPSA) is 61.3 Å². The van der Waals surface area contributed by atoms with Gasteiger partial charge in [-0.3, -0.25) is 0 Å². The molecule has 0 amide bonds. The number of hydroxylamine groups is 1. The third-order valence-corrected chi connectivity index (χ3v) is 0.995. The fraction of sp³-hybridized carbons (Fsp3) is 0.250. The number of nitrogens with one attached hydrogen (secondary N) is 1. The number of rotatable bonds is 1. The second-order valence-corrected chi connectivity index (χ2v) is 1.61. The molecule has 0 aliphatic carbocycles. The molecule has 0 spiro atoms. The molecular formula is C4H4N2O4. The van der Waals surface area contributed by atoms with Crippen molar-refractivity contribution in [1.29, 1.82) is 0 Å². The average molecular weight is 144 g/mol. The normalized spacial score (nSPS) is 22.4. The van der Waals surface area contributed by atoms with Crippen LogP contribution < -0.4 is 5.48 Å².